The van der Waals surface area contributed by atoms with Crippen molar-refractivity contribution in [2.24, 2.45) is 11.1 Å². The summed E-state index contributed by atoms with van der Waals surface area (Å²) in [6.07, 6.45) is 1.60. The maximum atomic E-state index is 12.3. The number of nitrogens with two attached hydrogens (primary N) is 1. The third kappa shape index (κ3) is 6.21. The van der Waals surface area contributed by atoms with Crippen LogP contribution in [-0.4, -0.2) is 62.6 Å². The fourth-order valence-corrected chi connectivity index (χ4v) is 4.09. The van der Waals surface area contributed by atoms with Gasteiger partial charge in [-0.3, -0.25) is 0 Å². The third-order valence-electron chi connectivity index (χ3n) is 3.50. The molecule has 0 saturated carbocycles. The van der Waals surface area contributed by atoms with Crippen molar-refractivity contribution in [2.75, 3.05) is 45.0 Å². The van der Waals surface area contributed by atoms with E-state index < -0.39 is 10.0 Å². The molecule has 19 heavy (non-hydrogen) atoms. The Labute approximate surface area is 118 Å². The fourth-order valence-electron chi connectivity index (χ4n) is 2.20. The van der Waals surface area contributed by atoms with Crippen molar-refractivity contribution in [2.45, 2.75) is 33.6 Å². The second-order valence-electron chi connectivity index (χ2n) is 6.51. The van der Waals surface area contributed by atoms with Crippen LogP contribution in [0.2, 0.25) is 0 Å². The van der Waals surface area contributed by atoms with Crippen LogP contribution in [0.5, 0.6) is 0 Å². The lowest BCUT2D eigenvalue weighted by molar-refractivity contribution is 0.294. The highest BCUT2D eigenvalue weighted by Crippen LogP contribution is 2.21. The zero-order chi connectivity index (χ0) is 14.5. The minimum absolute atomic E-state index is 0.0600. The molecular formula is C13H29N3O2S. The fraction of sp³-hybridized carbons (Fsp3) is 1.00. The lowest BCUT2D eigenvalue weighted by atomic mass is 9.94. The van der Waals surface area contributed by atoms with Gasteiger partial charge in [0.15, 0.2) is 0 Å². The van der Waals surface area contributed by atoms with Gasteiger partial charge in [0.1, 0.15) is 0 Å². The van der Waals surface area contributed by atoms with Crippen molar-refractivity contribution in [1.82, 2.24) is 9.21 Å². The number of rotatable bonds is 5. The zero-order valence-corrected chi connectivity index (χ0v) is 13.4. The predicted molar refractivity (Wildman–Crippen MR) is 79.5 cm³/mol. The van der Waals surface area contributed by atoms with Crippen LogP contribution in [0.1, 0.15) is 33.6 Å². The van der Waals surface area contributed by atoms with Crippen LogP contribution in [0.3, 0.4) is 0 Å². The van der Waals surface area contributed by atoms with E-state index in [9.17, 15) is 8.42 Å². The number of nitrogens with zero attached hydrogens (tertiary/aromatic N) is 2. The van der Waals surface area contributed by atoms with Crippen LogP contribution < -0.4 is 5.73 Å². The number of hydrogen-bond acceptors (Lipinski definition) is 4. The Bertz CT molecular complexity index is 363. The van der Waals surface area contributed by atoms with E-state index in [1.807, 2.05) is 0 Å². The first-order valence-corrected chi connectivity index (χ1v) is 8.76. The lowest BCUT2D eigenvalue weighted by Crippen LogP contribution is -2.38. The smallest absolute Gasteiger partial charge is 0.214 e. The highest BCUT2D eigenvalue weighted by molar-refractivity contribution is 7.89. The number of hydrogen-bond donors (Lipinski definition) is 1. The van der Waals surface area contributed by atoms with Crippen LogP contribution in [0.15, 0.2) is 0 Å². The summed E-state index contributed by atoms with van der Waals surface area (Å²) in [7, 11) is -3.10. The molecule has 1 fully saturated rings. The average molecular weight is 291 g/mol. The minimum Gasteiger partial charge on any atom is -0.329 e. The molecule has 1 heterocycles. The summed E-state index contributed by atoms with van der Waals surface area (Å²) in [4.78, 5) is 2.25. The van der Waals surface area contributed by atoms with Crippen molar-refractivity contribution < 1.29 is 8.42 Å². The molecule has 0 aliphatic carbocycles. The van der Waals surface area contributed by atoms with E-state index in [1.54, 1.807) is 4.31 Å². The maximum Gasteiger partial charge on any atom is 0.214 e. The Balaban J connectivity index is 2.54. The van der Waals surface area contributed by atoms with Crippen molar-refractivity contribution in [3.05, 3.63) is 0 Å². The maximum absolute atomic E-state index is 12.3. The van der Waals surface area contributed by atoms with Gasteiger partial charge in [0.05, 0.1) is 5.75 Å². The predicted octanol–water partition coefficient (Wildman–Crippen LogP) is 0.719. The van der Waals surface area contributed by atoms with Gasteiger partial charge in [-0.05, 0) is 24.8 Å². The van der Waals surface area contributed by atoms with E-state index >= 15 is 0 Å². The summed E-state index contributed by atoms with van der Waals surface area (Å²) in [6, 6.07) is 0. The highest BCUT2D eigenvalue weighted by Gasteiger charge is 2.26. The van der Waals surface area contributed by atoms with Crippen LogP contribution in [0, 0.1) is 5.41 Å². The molecule has 0 aromatic rings. The monoisotopic (exact) mass is 291 g/mol. The lowest BCUT2D eigenvalue weighted by Gasteiger charge is -2.24. The van der Waals surface area contributed by atoms with Gasteiger partial charge >= 0.3 is 0 Å². The van der Waals surface area contributed by atoms with Gasteiger partial charge in [-0.1, -0.05) is 20.8 Å². The Morgan fingerprint density at radius 2 is 1.79 bits per heavy atom. The third-order valence-corrected chi connectivity index (χ3v) is 5.37. The van der Waals surface area contributed by atoms with Crippen molar-refractivity contribution >= 4 is 10.0 Å². The summed E-state index contributed by atoms with van der Waals surface area (Å²) in [5.41, 5.74) is 5.61. The molecule has 1 saturated heterocycles. The molecule has 1 aliphatic heterocycles. The van der Waals surface area contributed by atoms with Gasteiger partial charge < -0.3 is 10.6 Å². The first kappa shape index (κ1) is 16.9. The largest absolute Gasteiger partial charge is 0.329 e. The normalized spacial score (nSPS) is 20.4. The van der Waals surface area contributed by atoms with E-state index in [0.29, 0.717) is 26.1 Å². The number of sulfonamides is 1. The summed E-state index contributed by atoms with van der Waals surface area (Å²) in [6.45, 7) is 10.7. The molecule has 0 bridgehead atoms. The van der Waals surface area contributed by atoms with Crippen molar-refractivity contribution in [3.63, 3.8) is 0 Å². The summed E-state index contributed by atoms with van der Waals surface area (Å²) < 4.78 is 26.3. The van der Waals surface area contributed by atoms with E-state index in [2.05, 4.69) is 25.7 Å². The summed E-state index contributed by atoms with van der Waals surface area (Å²) in [5.74, 6) is 0.257. The standard InChI is InChI=1S/C13H29N3O2S/c1-13(2,3)5-12-19(17,18)16-8-4-7-15(9-6-14)10-11-16/h4-12,14H2,1-3H3. The van der Waals surface area contributed by atoms with Gasteiger partial charge in [0.25, 0.3) is 0 Å². The van der Waals surface area contributed by atoms with E-state index in [-0.39, 0.29) is 11.2 Å². The van der Waals surface area contributed by atoms with Crippen LogP contribution >= 0.6 is 0 Å². The minimum atomic E-state index is -3.10. The van der Waals surface area contributed by atoms with Crippen LogP contribution in [0.4, 0.5) is 0 Å². The highest BCUT2D eigenvalue weighted by atomic mass is 32.2. The Morgan fingerprint density at radius 1 is 1.11 bits per heavy atom. The van der Waals surface area contributed by atoms with Crippen molar-refractivity contribution in [3.8, 4) is 0 Å². The first-order chi connectivity index (χ1) is 8.74. The zero-order valence-electron chi connectivity index (χ0n) is 12.6. The van der Waals surface area contributed by atoms with Gasteiger partial charge in [0.2, 0.25) is 10.0 Å². The molecule has 1 rings (SSSR count). The second-order valence-corrected chi connectivity index (χ2v) is 8.60. The van der Waals surface area contributed by atoms with Gasteiger partial charge in [-0.25, -0.2) is 12.7 Å². The molecule has 0 spiro atoms. The van der Waals surface area contributed by atoms with E-state index in [0.717, 1.165) is 26.1 Å². The van der Waals surface area contributed by atoms with Crippen molar-refractivity contribution in [1.29, 1.82) is 0 Å². The quantitative estimate of drug-likeness (QED) is 0.810. The topological polar surface area (TPSA) is 66.6 Å². The van der Waals surface area contributed by atoms with Gasteiger partial charge in [-0.15, -0.1) is 0 Å². The van der Waals surface area contributed by atoms with Crippen LogP contribution in [0.25, 0.3) is 0 Å². The second kappa shape index (κ2) is 7.02. The van der Waals surface area contributed by atoms with E-state index in [4.69, 9.17) is 5.73 Å². The molecule has 6 heteroatoms. The Hall–Kier alpha value is -0.170. The van der Waals surface area contributed by atoms with E-state index in [1.165, 1.54) is 0 Å². The molecule has 0 aromatic heterocycles. The van der Waals surface area contributed by atoms with Crippen LogP contribution in [-0.2, 0) is 10.0 Å². The molecule has 0 amide bonds. The molecule has 0 unspecified atom stereocenters. The Morgan fingerprint density at radius 3 is 2.37 bits per heavy atom. The summed E-state index contributed by atoms with van der Waals surface area (Å²) >= 11 is 0. The van der Waals surface area contributed by atoms with Gasteiger partial charge in [-0.2, -0.15) is 0 Å². The molecule has 1 aliphatic rings. The average Bonchev–Trinajstić information content (AvgIpc) is 2.52. The first-order valence-electron chi connectivity index (χ1n) is 7.15. The molecule has 0 aromatic carbocycles. The SMILES string of the molecule is CC(C)(C)CCS(=O)(=O)N1CCCN(CCN)CC1. The molecule has 2 N–H and O–H groups in total. The molecule has 5 nitrogen and oxygen atoms in total. The summed E-state index contributed by atoms with van der Waals surface area (Å²) in [5, 5.41) is 0. The molecule has 114 valence electrons. The Kier molecular flexibility index (Phi) is 6.23. The van der Waals surface area contributed by atoms with Gasteiger partial charge in [0, 0.05) is 32.7 Å². The molecular weight excluding hydrogens is 262 g/mol. The molecule has 0 atom stereocenters. The molecule has 0 radical (unpaired) electrons.